The minimum Gasteiger partial charge on any atom is -0.352 e. The minimum atomic E-state index is -0.0503. The van der Waals surface area contributed by atoms with Crippen LogP contribution in [0, 0.1) is 5.92 Å². The van der Waals surface area contributed by atoms with Gasteiger partial charge in [0.25, 0.3) is 5.91 Å². The summed E-state index contributed by atoms with van der Waals surface area (Å²) in [6, 6.07) is 7.50. The third-order valence-corrected chi connectivity index (χ3v) is 4.69. The van der Waals surface area contributed by atoms with Gasteiger partial charge in [0.05, 0.1) is 23.1 Å². The molecule has 0 bridgehead atoms. The first-order valence-corrected chi connectivity index (χ1v) is 8.88. The fraction of sp³-hybridized carbons (Fsp3) is 0.444. The molecule has 2 N–H and O–H groups in total. The number of hydrogen-bond acceptors (Lipinski definition) is 3. The molecule has 1 unspecified atom stereocenters. The summed E-state index contributed by atoms with van der Waals surface area (Å²) in [5.41, 5.74) is 2.41. The van der Waals surface area contributed by atoms with Gasteiger partial charge in [0.1, 0.15) is 0 Å². The summed E-state index contributed by atoms with van der Waals surface area (Å²) in [6.45, 7) is 4.79. The lowest BCUT2D eigenvalue weighted by Crippen LogP contribution is -2.38. The molecule has 0 saturated carbocycles. The summed E-state index contributed by atoms with van der Waals surface area (Å²) in [4.78, 5) is 12.6. The third kappa shape index (κ3) is 4.75. The van der Waals surface area contributed by atoms with Crippen molar-refractivity contribution in [2.24, 2.45) is 5.92 Å². The van der Waals surface area contributed by atoms with Crippen molar-refractivity contribution in [3.63, 3.8) is 0 Å². The normalized spacial score (nSPS) is 17.0. The number of rotatable bonds is 5. The molecule has 3 rings (SSSR count). The molecule has 1 amide bonds. The van der Waals surface area contributed by atoms with Gasteiger partial charge in [-0.3, -0.25) is 4.79 Å². The second-order valence-electron chi connectivity index (χ2n) is 6.17. The summed E-state index contributed by atoms with van der Waals surface area (Å²) in [6.07, 6.45) is 4.71. The van der Waals surface area contributed by atoms with E-state index in [1.807, 2.05) is 31.2 Å². The van der Waals surface area contributed by atoms with E-state index in [9.17, 15) is 4.79 Å². The van der Waals surface area contributed by atoms with Crippen LogP contribution in [0.25, 0.3) is 5.69 Å². The van der Waals surface area contributed by atoms with Gasteiger partial charge in [-0.25, -0.2) is 4.68 Å². The summed E-state index contributed by atoms with van der Waals surface area (Å²) >= 11 is 6.07. The van der Waals surface area contributed by atoms with Gasteiger partial charge in [0, 0.05) is 11.6 Å². The van der Waals surface area contributed by atoms with Gasteiger partial charge in [0.15, 0.2) is 0 Å². The molecule has 136 valence electrons. The molecule has 1 aliphatic heterocycles. The molecule has 1 aromatic carbocycles. The summed E-state index contributed by atoms with van der Waals surface area (Å²) in [5, 5.41) is 11.5. The summed E-state index contributed by atoms with van der Waals surface area (Å²) in [5.74, 6) is 0.460. The smallest absolute Gasteiger partial charge is 0.254 e. The Bertz CT molecular complexity index is 711. The molecule has 1 aromatic heterocycles. The lowest BCUT2D eigenvalue weighted by atomic mass is 9.99. The highest BCUT2D eigenvalue weighted by molar-refractivity contribution is 6.30. The minimum absolute atomic E-state index is 0. The predicted molar refractivity (Wildman–Crippen MR) is 103 cm³/mol. The van der Waals surface area contributed by atoms with Crippen LogP contribution in [0.4, 0.5) is 0 Å². The van der Waals surface area contributed by atoms with Crippen molar-refractivity contribution in [1.29, 1.82) is 0 Å². The number of nitrogens with one attached hydrogen (secondary N) is 2. The van der Waals surface area contributed by atoms with Gasteiger partial charge >= 0.3 is 0 Å². The van der Waals surface area contributed by atoms with E-state index < -0.39 is 0 Å². The van der Waals surface area contributed by atoms with Crippen LogP contribution in [0.2, 0.25) is 5.02 Å². The Morgan fingerprint density at radius 1 is 1.48 bits per heavy atom. The Hall–Kier alpha value is -1.56. The first kappa shape index (κ1) is 19.8. The summed E-state index contributed by atoms with van der Waals surface area (Å²) in [7, 11) is 0. The number of aromatic nitrogens is 2. The van der Waals surface area contributed by atoms with Gasteiger partial charge in [-0.05, 0) is 56.5 Å². The average Bonchev–Trinajstić information content (AvgIpc) is 3.04. The van der Waals surface area contributed by atoms with Gasteiger partial charge in [0.2, 0.25) is 0 Å². The molecule has 7 heteroatoms. The van der Waals surface area contributed by atoms with Crippen molar-refractivity contribution in [2.45, 2.75) is 26.2 Å². The molecule has 2 aromatic rings. The monoisotopic (exact) mass is 382 g/mol. The Morgan fingerprint density at radius 3 is 3.00 bits per heavy atom. The maximum Gasteiger partial charge on any atom is 0.254 e. The van der Waals surface area contributed by atoms with E-state index >= 15 is 0 Å². The van der Waals surface area contributed by atoms with Gasteiger partial charge in [-0.2, -0.15) is 5.10 Å². The van der Waals surface area contributed by atoms with Crippen molar-refractivity contribution in [3.05, 3.63) is 46.7 Å². The van der Waals surface area contributed by atoms with E-state index in [0.717, 1.165) is 37.3 Å². The maximum absolute atomic E-state index is 12.6. The molecule has 0 radical (unpaired) electrons. The molecular formula is C18H24Cl2N4O. The first-order valence-electron chi connectivity index (χ1n) is 8.50. The van der Waals surface area contributed by atoms with Gasteiger partial charge in [-0.15, -0.1) is 12.4 Å². The van der Waals surface area contributed by atoms with E-state index in [4.69, 9.17) is 11.6 Å². The van der Waals surface area contributed by atoms with Crippen molar-refractivity contribution < 1.29 is 4.79 Å². The van der Waals surface area contributed by atoms with E-state index in [1.54, 1.807) is 10.9 Å². The molecule has 0 spiro atoms. The Balaban J connectivity index is 0.00000225. The van der Waals surface area contributed by atoms with Crippen molar-refractivity contribution in [2.75, 3.05) is 19.6 Å². The van der Waals surface area contributed by atoms with E-state index in [2.05, 4.69) is 15.7 Å². The molecular weight excluding hydrogens is 359 g/mol. The number of amides is 1. The van der Waals surface area contributed by atoms with Gasteiger partial charge in [-0.1, -0.05) is 24.6 Å². The molecule has 0 aliphatic carbocycles. The zero-order valence-electron chi connectivity index (χ0n) is 14.3. The predicted octanol–water partition coefficient (Wildman–Crippen LogP) is 3.24. The summed E-state index contributed by atoms with van der Waals surface area (Å²) < 4.78 is 1.79. The molecule has 5 nitrogen and oxygen atoms in total. The van der Waals surface area contributed by atoms with Crippen LogP contribution in [0.15, 0.2) is 30.5 Å². The van der Waals surface area contributed by atoms with Crippen LogP contribution in [0.5, 0.6) is 0 Å². The molecule has 2 heterocycles. The Morgan fingerprint density at radius 2 is 2.32 bits per heavy atom. The zero-order chi connectivity index (χ0) is 16.9. The number of nitrogens with zero attached hydrogens (tertiary/aromatic N) is 2. The lowest BCUT2D eigenvalue weighted by Gasteiger charge is -2.22. The average molecular weight is 383 g/mol. The van der Waals surface area contributed by atoms with Crippen molar-refractivity contribution >= 4 is 29.9 Å². The Kier molecular flexibility index (Phi) is 7.29. The van der Waals surface area contributed by atoms with Gasteiger partial charge < -0.3 is 10.6 Å². The van der Waals surface area contributed by atoms with Crippen LogP contribution in [0.3, 0.4) is 0 Å². The molecule has 1 saturated heterocycles. The fourth-order valence-corrected chi connectivity index (χ4v) is 3.35. The van der Waals surface area contributed by atoms with Crippen molar-refractivity contribution in [1.82, 2.24) is 20.4 Å². The number of benzene rings is 1. The van der Waals surface area contributed by atoms with Crippen LogP contribution in [-0.4, -0.2) is 35.3 Å². The van der Waals surface area contributed by atoms with Crippen LogP contribution in [-0.2, 0) is 6.42 Å². The number of carbonyl (C=O) groups is 1. The lowest BCUT2D eigenvalue weighted by molar-refractivity contribution is 0.0944. The topological polar surface area (TPSA) is 59.0 Å². The van der Waals surface area contributed by atoms with E-state index in [1.165, 1.54) is 6.42 Å². The number of piperidine rings is 1. The number of carbonyl (C=O) groups excluding carboxylic acids is 1. The van der Waals surface area contributed by atoms with Crippen molar-refractivity contribution in [3.8, 4) is 5.69 Å². The number of halogens is 2. The van der Waals surface area contributed by atoms with Crippen LogP contribution < -0.4 is 10.6 Å². The molecule has 25 heavy (non-hydrogen) atoms. The second-order valence-corrected chi connectivity index (χ2v) is 6.61. The highest BCUT2D eigenvalue weighted by Crippen LogP contribution is 2.19. The molecule has 1 aliphatic rings. The molecule has 1 fully saturated rings. The number of hydrogen-bond donors (Lipinski definition) is 2. The van der Waals surface area contributed by atoms with E-state index in [0.29, 0.717) is 23.0 Å². The maximum atomic E-state index is 12.6. The first-order chi connectivity index (χ1) is 11.7. The SMILES string of the molecule is CCc1c(C(=O)NCC2CCCNC2)cnn1-c1cccc(Cl)c1.Cl. The van der Waals surface area contributed by atoms with E-state index in [-0.39, 0.29) is 18.3 Å². The quantitative estimate of drug-likeness (QED) is 0.834. The third-order valence-electron chi connectivity index (χ3n) is 4.45. The standard InChI is InChI=1S/C18H23ClN4O.ClH/c1-2-17-16(18(24)21-11-13-5-4-8-20-10-13)12-22-23(17)15-7-3-6-14(19)9-15;/h3,6-7,9,12-13,20H,2,4-5,8,10-11H2,1H3,(H,21,24);1H. The highest BCUT2D eigenvalue weighted by Gasteiger charge is 2.19. The molecule has 1 atom stereocenters. The zero-order valence-corrected chi connectivity index (χ0v) is 15.9. The van der Waals surface area contributed by atoms with Crippen LogP contribution >= 0.6 is 24.0 Å². The highest BCUT2D eigenvalue weighted by atomic mass is 35.5. The van der Waals surface area contributed by atoms with Crippen LogP contribution in [0.1, 0.15) is 35.8 Å². The largest absolute Gasteiger partial charge is 0.352 e. The fourth-order valence-electron chi connectivity index (χ4n) is 3.16. The second kappa shape index (κ2) is 9.22. The Labute approximate surface area is 159 Å².